The van der Waals surface area contributed by atoms with Crippen molar-refractivity contribution < 1.29 is 18.0 Å². The summed E-state index contributed by atoms with van der Waals surface area (Å²) in [6.07, 6.45) is 0.651. The first-order chi connectivity index (χ1) is 11.8. The molecular weight excluding hydrogens is 362 g/mol. The van der Waals surface area contributed by atoms with E-state index in [0.717, 1.165) is 17.5 Å². The molecule has 0 spiro atoms. The van der Waals surface area contributed by atoms with Crippen molar-refractivity contribution in [3.63, 3.8) is 0 Å². The van der Waals surface area contributed by atoms with Gasteiger partial charge in [0.15, 0.2) is 0 Å². The van der Waals surface area contributed by atoms with Crippen LogP contribution in [0, 0.1) is 12.3 Å². The van der Waals surface area contributed by atoms with Crippen molar-refractivity contribution >= 4 is 33.6 Å². The summed E-state index contributed by atoms with van der Waals surface area (Å²) in [7, 11) is -1.13. The molecule has 0 heterocycles. The van der Waals surface area contributed by atoms with Crippen molar-refractivity contribution in [1.29, 1.82) is 0 Å². The highest BCUT2D eigenvalue weighted by Gasteiger charge is 2.45. The number of benzene rings is 1. The second kappa shape index (κ2) is 9.69. The van der Waals surface area contributed by atoms with Gasteiger partial charge in [0.25, 0.3) is 0 Å². The lowest BCUT2D eigenvalue weighted by Gasteiger charge is -2.34. The number of hydrogen-bond acceptors (Lipinski definition) is 7. The molecule has 0 radical (unpaired) electrons. The molecule has 138 valence electrons. The standard InChI is InChI=1S/C16H23N3O4S2/c1-5-16(6-2,14(20)18-15(21)24-17-4)13(19-25(22)23)12-9-7-11(3)8-10-12/h7-10,13,17H,5-6H2,1-4H3,(H,18,20,21). The summed E-state index contributed by atoms with van der Waals surface area (Å²) >= 11 is 0.747. The number of nitrogens with one attached hydrogen (secondary N) is 2. The van der Waals surface area contributed by atoms with E-state index in [0.29, 0.717) is 18.4 Å². The Hall–Kier alpha value is -1.71. The van der Waals surface area contributed by atoms with E-state index in [9.17, 15) is 18.0 Å². The van der Waals surface area contributed by atoms with Crippen LogP contribution in [-0.2, 0) is 15.3 Å². The second-order valence-electron chi connectivity index (χ2n) is 5.55. The van der Waals surface area contributed by atoms with Crippen LogP contribution in [0.4, 0.5) is 4.79 Å². The summed E-state index contributed by atoms with van der Waals surface area (Å²) in [6.45, 7) is 5.47. The SMILES string of the molecule is CCC(CC)(C(=O)NC(=O)SNC)C(N=S(=O)=O)c1ccc(C)cc1. The van der Waals surface area contributed by atoms with Gasteiger partial charge in [-0.25, -0.2) is 0 Å². The number of amides is 2. The van der Waals surface area contributed by atoms with Gasteiger partial charge in [0, 0.05) is 11.9 Å². The average molecular weight is 386 g/mol. The van der Waals surface area contributed by atoms with Gasteiger partial charge in [-0.15, -0.1) is 0 Å². The second-order valence-corrected chi connectivity index (χ2v) is 7.17. The zero-order valence-electron chi connectivity index (χ0n) is 14.7. The topological polar surface area (TPSA) is 105 Å². The monoisotopic (exact) mass is 385 g/mol. The molecule has 1 rings (SSSR count). The first-order valence-electron chi connectivity index (χ1n) is 7.86. The van der Waals surface area contributed by atoms with E-state index in [1.807, 2.05) is 19.1 Å². The molecule has 0 saturated carbocycles. The maximum absolute atomic E-state index is 12.8. The van der Waals surface area contributed by atoms with E-state index in [-0.39, 0.29) is 0 Å². The summed E-state index contributed by atoms with van der Waals surface area (Å²) in [6, 6.07) is 6.28. The largest absolute Gasteiger partial charge is 0.311 e. The van der Waals surface area contributed by atoms with Crippen LogP contribution >= 0.6 is 11.9 Å². The van der Waals surface area contributed by atoms with Crippen molar-refractivity contribution in [3.05, 3.63) is 35.4 Å². The number of imide groups is 1. The zero-order valence-corrected chi connectivity index (χ0v) is 16.3. The molecule has 1 unspecified atom stereocenters. The average Bonchev–Trinajstić information content (AvgIpc) is 2.56. The van der Waals surface area contributed by atoms with Crippen LogP contribution in [0.2, 0.25) is 0 Å². The van der Waals surface area contributed by atoms with Crippen LogP contribution in [0.15, 0.2) is 28.6 Å². The first kappa shape index (κ1) is 21.3. The van der Waals surface area contributed by atoms with Crippen LogP contribution in [-0.4, -0.2) is 26.6 Å². The van der Waals surface area contributed by atoms with Crippen molar-refractivity contribution in [2.24, 2.45) is 9.78 Å². The lowest BCUT2D eigenvalue weighted by Crippen LogP contribution is -2.45. The van der Waals surface area contributed by atoms with Crippen LogP contribution in [0.3, 0.4) is 0 Å². The Labute approximate surface area is 153 Å². The minimum Gasteiger partial charge on any atom is -0.286 e. The minimum absolute atomic E-state index is 0.325. The predicted molar refractivity (Wildman–Crippen MR) is 98.5 cm³/mol. The van der Waals surface area contributed by atoms with Crippen LogP contribution in [0.5, 0.6) is 0 Å². The maximum atomic E-state index is 12.8. The van der Waals surface area contributed by atoms with E-state index in [4.69, 9.17) is 0 Å². The molecule has 0 aliphatic heterocycles. The third-order valence-electron chi connectivity index (χ3n) is 4.23. The van der Waals surface area contributed by atoms with Gasteiger partial charge >= 0.3 is 15.7 Å². The third-order valence-corrected chi connectivity index (χ3v) is 5.11. The molecule has 25 heavy (non-hydrogen) atoms. The summed E-state index contributed by atoms with van der Waals surface area (Å²) in [5.41, 5.74) is 0.469. The molecular formula is C16H23N3O4S2. The summed E-state index contributed by atoms with van der Waals surface area (Å²) in [5.74, 6) is -0.537. The number of hydrogen-bond donors (Lipinski definition) is 2. The molecule has 2 amide bonds. The van der Waals surface area contributed by atoms with Gasteiger partial charge < -0.3 is 0 Å². The van der Waals surface area contributed by atoms with E-state index in [1.165, 1.54) is 0 Å². The molecule has 1 atom stereocenters. The van der Waals surface area contributed by atoms with Crippen molar-refractivity contribution in [2.75, 3.05) is 7.05 Å². The predicted octanol–water partition coefficient (Wildman–Crippen LogP) is 3.01. The number of carbonyl (C=O) groups is 2. The molecule has 0 fully saturated rings. The zero-order chi connectivity index (χ0) is 19.0. The Morgan fingerprint density at radius 2 is 1.76 bits per heavy atom. The molecule has 1 aromatic rings. The maximum Gasteiger partial charge on any atom is 0.311 e. The fraction of sp³-hybridized carbons (Fsp3) is 0.500. The highest BCUT2D eigenvalue weighted by molar-refractivity contribution is 8.11. The Kier molecular flexibility index (Phi) is 8.27. The van der Waals surface area contributed by atoms with Crippen molar-refractivity contribution in [1.82, 2.24) is 10.0 Å². The number of aryl methyl sites for hydroxylation is 1. The molecule has 0 aliphatic rings. The van der Waals surface area contributed by atoms with Crippen molar-refractivity contribution in [2.45, 2.75) is 39.7 Å². The van der Waals surface area contributed by atoms with Gasteiger partial charge in [-0.1, -0.05) is 43.7 Å². The fourth-order valence-electron chi connectivity index (χ4n) is 2.73. The quantitative estimate of drug-likeness (QED) is 0.699. The smallest absolute Gasteiger partial charge is 0.286 e. The lowest BCUT2D eigenvalue weighted by molar-refractivity contribution is -0.131. The van der Waals surface area contributed by atoms with Gasteiger partial charge in [0.1, 0.15) is 6.04 Å². The molecule has 0 saturated heterocycles. The van der Waals surface area contributed by atoms with Gasteiger partial charge in [-0.3, -0.25) is 19.6 Å². The van der Waals surface area contributed by atoms with Crippen LogP contribution in [0.25, 0.3) is 0 Å². The van der Waals surface area contributed by atoms with Crippen LogP contribution < -0.4 is 10.0 Å². The van der Waals surface area contributed by atoms with E-state index in [2.05, 4.69) is 14.4 Å². The first-order valence-corrected chi connectivity index (χ1v) is 9.71. The number of nitrogens with zero attached hydrogens (tertiary/aromatic N) is 1. The summed E-state index contributed by atoms with van der Waals surface area (Å²) in [5, 5.41) is 1.77. The Balaban J connectivity index is 3.41. The fourth-order valence-corrected chi connectivity index (χ4v) is 3.56. The normalized spacial score (nSPS) is 12.3. The Bertz CT molecular complexity index is 733. The van der Waals surface area contributed by atoms with E-state index in [1.54, 1.807) is 33.0 Å². The van der Waals surface area contributed by atoms with Gasteiger partial charge in [0.2, 0.25) is 5.91 Å². The molecule has 7 nitrogen and oxygen atoms in total. The Morgan fingerprint density at radius 1 is 1.20 bits per heavy atom. The minimum atomic E-state index is -2.69. The molecule has 0 bridgehead atoms. The van der Waals surface area contributed by atoms with E-state index < -0.39 is 33.1 Å². The highest BCUT2D eigenvalue weighted by Crippen LogP contribution is 2.43. The molecule has 0 aromatic heterocycles. The number of rotatable bonds is 7. The van der Waals surface area contributed by atoms with Gasteiger partial charge in [-0.2, -0.15) is 12.8 Å². The van der Waals surface area contributed by atoms with Gasteiger partial charge in [0.05, 0.1) is 5.41 Å². The van der Waals surface area contributed by atoms with Crippen molar-refractivity contribution in [3.8, 4) is 0 Å². The molecule has 0 aliphatic carbocycles. The van der Waals surface area contributed by atoms with E-state index >= 15 is 0 Å². The van der Waals surface area contributed by atoms with Crippen LogP contribution in [0.1, 0.15) is 43.9 Å². The summed E-state index contributed by atoms with van der Waals surface area (Å²) in [4.78, 5) is 24.6. The third kappa shape index (κ3) is 5.38. The molecule has 2 N–H and O–H groups in total. The summed E-state index contributed by atoms with van der Waals surface area (Å²) < 4.78 is 29.0. The molecule has 9 heteroatoms. The Morgan fingerprint density at radius 3 is 2.20 bits per heavy atom. The lowest BCUT2D eigenvalue weighted by atomic mass is 9.72. The highest BCUT2D eigenvalue weighted by atomic mass is 32.2. The molecule has 1 aromatic carbocycles. The number of carbonyl (C=O) groups excluding carboxylic acids is 2. The van der Waals surface area contributed by atoms with Gasteiger partial charge in [-0.05, 0) is 32.4 Å².